The van der Waals surface area contributed by atoms with E-state index in [1.54, 1.807) is 0 Å². The Hall–Kier alpha value is -0.610. The molecule has 1 atom stereocenters. The molecule has 0 unspecified atom stereocenters. The molecule has 0 aromatic rings. The summed E-state index contributed by atoms with van der Waals surface area (Å²) in [5.74, 6) is -0.0662. The molecule has 1 N–H and O–H groups in total. The minimum atomic E-state index is -0.0662. The fourth-order valence-electron chi connectivity index (χ4n) is 1.61. The van der Waals surface area contributed by atoms with Crippen LogP contribution in [0.3, 0.4) is 0 Å². The number of ether oxygens (including phenoxy) is 1. The quantitative estimate of drug-likeness (QED) is 0.448. The Bertz CT molecular complexity index is 170. The molecule has 11 heavy (non-hydrogen) atoms. The predicted molar refractivity (Wildman–Crippen MR) is 39.2 cm³/mol. The van der Waals surface area contributed by atoms with Crippen LogP contribution in [0, 0.1) is 0 Å². The zero-order chi connectivity index (χ0) is 7.68. The van der Waals surface area contributed by atoms with Gasteiger partial charge in [-0.25, -0.2) is 0 Å². The topological polar surface area (TPSA) is 41.6 Å². The lowest BCUT2D eigenvalue weighted by Gasteiger charge is -2.37. The first-order valence-corrected chi connectivity index (χ1v) is 3.99. The van der Waals surface area contributed by atoms with E-state index in [1.165, 1.54) is 0 Å². The summed E-state index contributed by atoms with van der Waals surface area (Å²) in [4.78, 5) is 13.3. The van der Waals surface area contributed by atoms with Gasteiger partial charge in [-0.15, -0.1) is 0 Å². The zero-order valence-corrected chi connectivity index (χ0v) is 6.38. The van der Waals surface area contributed by atoms with Crippen LogP contribution in [-0.2, 0) is 9.53 Å². The third-order valence-electron chi connectivity index (χ3n) is 2.25. The molecular weight excluding hydrogens is 144 g/mol. The molecule has 0 aromatic heterocycles. The number of rotatable bonds is 0. The van der Waals surface area contributed by atoms with E-state index in [1.807, 2.05) is 0 Å². The van der Waals surface area contributed by atoms with E-state index in [2.05, 4.69) is 10.2 Å². The van der Waals surface area contributed by atoms with Gasteiger partial charge in [-0.05, 0) is 0 Å². The minimum absolute atomic E-state index is 0.0162. The van der Waals surface area contributed by atoms with Crippen LogP contribution in [0.2, 0.25) is 0 Å². The summed E-state index contributed by atoms with van der Waals surface area (Å²) >= 11 is 0. The van der Waals surface area contributed by atoms with Crippen molar-refractivity contribution in [2.45, 2.75) is 6.04 Å². The van der Waals surface area contributed by atoms with Crippen molar-refractivity contribution < 1.29 is 9.53 Å². The van der Waals surface area contributed by atoms with E-state index < -0.39 is 0 Å². The number of piperazine rings is 1. The van der Waals surface area contributed by atoms with Crippen molar-refractivity contribution in [3.63, 3.8) is 0 Å². The van der Waals surface area contributed by atoms with Gasteiger partial charge in [0.2, 0.25) is 0 Å². The molecule has 2 aliphatic heterocycles. The molecule has 62 valence electrons. The van der Waals surface area contributed by atoms with Crippen molar-refractivity contribution in [1.82, 2.24) is 10.2 Å². The molecular formula is C7H12N2O2. The van der Waals surface area contributed by atoms with Crippen LogP contribution in [-0.4, -0.2) is 49.7 Å². The van der Waals surface area contributed by atoms with Gasteiger partial charge in [0.15, 0.2) is 0 Å². The van der Waals surface area contributed by atoms with E-state index in [4.69, 9.17) is 4.74 Å². The molecule has 2 saturated heterocycles. The zero-order valence-electron chi connectivity index (χ0n) is 6.38. The van der Waals surface area contributed by atoms with Crippen LogP contribution in [0.5, 0.6) is 0 Å². The highest BCUT2D eigenvalue weighted by Crippen LogP contribution is 2.09. The van der Waals surface area contributed by atoms with Gasteiger partial charge in [-0.2, -0.15) is 0 Å². The fourth-order valence-corrected chi connectivity index (χ4v) is 1.61. The maximum absolute atomic E-state index is 11.1. The number of carbonyl (C=O) groups is 1. The monoisotopic (exact) mass is 156 g/mol. The van der Waals surface area contributed by atoms with E-state index in [9.17, 15) is 4.79 Å². The fraction of sp³-hybridized carbons (Fsp3) is 0.857. The Balaban J connectivity index is 2.05. The molecule has 0 aliphatic carbocycles. The molecule has 0 saturated carbocycles. The molecule has 0 bridgehead atoms. The highest BCUT2D eigenvalue weighted by molar-refractivity contribution is 5.76. The standard InChI is InChI=1S/C7H12N2O2/c10-7-6-5-8-1-2-9(6)3-4-11-7/h6,8H,1-5H2/t6-/m0/s1. The number of esters is 1. The average molecular weight is 156 g/mol. The molecule has 0 spiro atoms. The molecule has 2 fully saturated rings. The van der Waals surface area contributed by atoms with Crippen molar-refractivity contribution >= 4 is 5.97 Å². The SMILES string of the molecule is O=C1OCCN2CCNC[C@@H]12. The van der Waals surface area contributed by atoms with Crippen LogP contribution in [0.25, 0.3) is 0 Å². The Labute approximate surface area is 65.5 Å². The number of carbonyl (C=O) groups excluding carboxylic acids is 1. The number of nitrogens with one attached hydrogen (secondary N) is 1. The van der Waals surface area contributed by atoms with Gasteiger partial charge in [0.1, 0.15) is 12.6 Å². The molecule has 4 heteroatoms. The number of hydrogen-bond acceptors (Lipinski definition) is 4. The van der Waals surface area contributed by atoms with Gasteiger partial charge in [-0.3, -0.25) is 9.69 Å². The predicted octanol–water partition coefficient (Wildman–Crippen LogP) is -1.18. The smallest absolute Gasteiger partial charge is 0.324 e. The first-order valence-electron chi connectivity index (χ1n) is 3.99. The maximum atomic E-state index is 11.1. The largest absolute Gasteiger partial charge is 0.463 e. The van der Waals surface area contributed by atoms with Crippen molar-refractivity contribution in [3.8, 4) is 0 Å². The van der Waals surface area contributed by atoms with E-state index in [-0.39, 0.29) is 12.0 Å². The van der Waals surface area contributed by atoms with Crippen molar-refractivity contribution in [2.75, 3.05) is 32.8 Å². The third kappa shape index (κ3) is 1.23. The lowest BCUT2D eigenvalue weighted by molar-refractivity contribution is -0.158. The Morgan fingerprint density at radius 3 is 3.27 bits per heavy atom. The molecule has 4 nitrogen and oxygen atoms in total. The molecule has 2 heterocycles. The molecule has 2 aliphatic rings. The first-order chi connectivity index (χ1) is 5.38. The van der Waals surface area contributed by atoms with Crippen LogP contribution < -0.4 is 5.32 Å². The average Bonchev–Trinajstić information content (AvgIpc) is 2.06. The Morgan fingerprint density at radius 2 is 2.45 bits per heavy atom. The second-order valence-corrected chi connectivity index (χ2v) is 2.92. The Morgan fingerprint density at radius 1 is 1.55 bits per heavy atom. The van der Waals surface area contributed by atoms with Gasteiger partial charge >= 0.3 is 5.97 Å². The van der Waals surface area contributed by atoms with Gasteiger partial charge in [0.25, 0.3) is 0 Å². The number of nitrogens with zero attached hydrogens (tertiary/aromatic N) is 1. The summed E-state index contributed by atoms with van der Waals surface area (Å²) in [6.45, 7) is 4.18. The summed E-state index contributed by atoms with van der Waals surface area (Å²) < 4.78 is 4.93. The molecule has 2 rings (SSSR count). The van der Waals surface area contributed by atoms with Gasteiger partial charge < -0.3 is 10.1 Å². The number of hydrogen-bond donors (Lipinski definition) is 1. The van der Waals surface area contributed by atoms with Crippen molar-refractivity contribution in [3.05, 3.63) is 0 Å². The van der Waals surface area contributed by atoms with Crippen molar-refractivity contribution in [2.24, 2.45) is 0 Å². The van der Waals surface area contributed by atoms with Gasteiger partial charge in [0.05, 0.1) is 0 Å². The summed E-state index contributed by atoms with van der Waals surface area (Å²) in [5, 5.41) is 3.17. The summed E-state index contributed by atoms with van der Waals surface area (Å²) in [7, 11) is 0. The number of cyclic esters (lactones) is 1. The van der Waals surface area contributed by atoms with Gasteiger partial charge in [-0.1, -0.05) is 0 Å². The highest BCUT2D eigenvalue weighted by Gasteiger charge is 2.32. The summed E-state index contributed by atoms with van der Waals surface area (Å²) in [5.41, 5.74) is 0. The second-order valence-electron chi connectivity index (χ2n) is 2.92. The number of morpholine rings is 1. The van der Waals surface area contributed by atoms with Crippen LogP contribution in [0.4, 0.5) is 0 Å². The third-order valence-corrected chi connectivity index (χ3v) is 2.25. The molecule has 0 radical (unpaired) electrons. The summed E-state index contributed by atoms with van der Waals surface area (Å²) in [6, 6.07) is -0.0162. The van der Waals surface area contributed by atoms with E-state index in [0.717, 1.165) is 26.2 Å². The van der Waals surface area contributed by atoms with Crippen LogP contribution in [0.15, 0.2) is 0 Å². The summed E-state index contributed by atoms with van der Waals surface area (Å²) in [6.07, 6.45) is 0. The van der Waals surface area contributed by atoms with Gasteiger partial charge in [0, 0.05) is 26.2 Å². The van der Waals surface area contributed by atoms with Crippen LogP contribution >= 0.6 is 0 Å². The molecule has 0 amide bonds. The highest BCUT2D eigenvalue weighted by atomic mass is 16.5. The first kappa shape index (κ1) is 7.06. The normalized spacial score (nSPS) is 32.7. The number of fused-ring (bicyclic) bond motifs is 1. The lowest BCUT2D eigenvalue weighted by atomic mass is 10.2. The minimum Gasteiger partial charge on any atom is -0.463 e. The Kier molecular flexibility index (Phi) is 1.79. The van der Waals surface area contributed by atoms with Crippen LogP contribution in [0.1, 0.15) is 0 Å². The molecule has 0 aromatic carbocycles. The second kappa shape index (κ2) is 2.79. The maximum Gasteiger partial charge on any atom is 0.324 e. The van der Waals surface area contributed by atoms with E-state index >= 15 is 0 Å². The van der Waals surface area contributed by atoms with Crippen molar-refractivity contribution in [1.29, 1.82) is 0 Å². The van der Waals surface area contributed by atoms with E-state index in [0.29, 0.717) is 6.61 Å². The lowest BCUT2D eigenvalue weighted by Crippen LogP contribution is -2.58.